The smallest absolute Gasteiger partial charge is 0.336 e. The van der Waals surface area contributed by atoms with Crippen molar-refractivity contribution in [2.75, 3.05) is 26.3 Å². The van der Waals surface area contributed by atoms with E-state index in [0.717, 1.165) is 37.4 Å². The number of benzene rings is 1. The van der Waals surface area contributed by atoms with Gasteiger partial charge in [-0.1, -0.05) is 12.1 Å². The number of ether oxygens (including phenoxy) is 1. The molecule has 92 valence electrons. The Hall–Kier alpha value is -1.39. The number of morpholine rings is 1. The molecule has 0 atom stereocenters. The first-order chi connectivity index (χ1) is 8.18. The lowest BCUT2D eigenvalue weighted by Crippen LogP contribution is -2.36. The van der Waals surface area contributed by atoms with Gasteiger partial charge in [-0.05, 0) is 24.1 Å². The van der Waals surface area contributed by atoms with Gasteiger partial charge in [0.15, 0.2) is 0 Å². The van der Waals surface area contributed by atoms with Crippen LogP contribution in [-0.4, -0.2) is 42.3 Å². The summed E-state index contributed by atoms with van der Waals surface area (Å²) in [6.07, 6.45) is 0. The summed E-state index contributed by atoms with van der Waals surface area (Å²) >= 11 is 0. The summed E-state index contributed by atoms with van der Waals surface area (Å²) in [6.45, 7) is 5.85. The third-order valence-corrected chi connectivity index (χ3v) is 3.13. The molecule has 1 saturated heterocycles. The molecule has 2 rings (SSSR count). The second kappa shape index (κ2) is 5.29. The normalized spacial score (nSPS) is 17.0. The van der Waals surface area contributed by atoms with Crippen LogP contribution in [0.4, 0.5) is 0 Å². The predicted octanol–water partition coefficient (Wildman–Crippen LogP) is 1.53. The van der Waals surface area contributed by atoms with Crippen LogP contribution in [0.5, 0.6) is 0 Å². The molecule has 0 amide bonds. The molecule has 0 aliphatic carbocycles. The highest BCUT2D eigenvalue weighted by Gasteiger charge is 2.16. The molecule has 1 aliphatic heterocycles. The molecule has 1 heterocycles. The second-order valence-corrected chi connectivity index (χ2v) is 4.29. The third-order valence-electron chi connectivity index (χ3n) is 3.13. The van der Waals surface area contributed by atoms with Crippen LogP contribution < -0.4 is 0 Å². The van der Waals surface area contributed by atoms with Gasteiger partial charge in [-0.15, -0.1) is 0 Å². The van der Waals surface area contributed by atoms with Gasteiger partial charge in [-0.25, -0.2) is 4.79 Å². The monoisotopic (exact) mass is 235 g/mol. The lowest BCUT2D eigenvalue weighted by atomic mass is 10.0. The highest BCUT2D eigenvalue weighted by atomic mass is 16.5. The van der Waals surface area contributed by atoms with Gasteiger partial charge < -0.3 is 9.84 Å². The van der Waals surface area contributed by atoms with Gasteiger partial charge in [-0.2, -0.15) is 0 Å². The molecule has 17 heavy (non-hydrogen) atoms. The zero-order valence-electron chi connectivity index (χ0n) is 9.98. The summed E-state index contributed by atoms with van der Waals surface area (Å²) in [7, 11) is 0. The van der Waals surface area contributed by atoms with Crippen LogP contribution in [0.1, 0.15) is 21.5 Å². The van der Waals surface area contributed by atoms with Crippen molar-refractivity contribution >= 4 is 5.97 Å². The number of nitrogens with zero attached hydrogens (tertiary/aromatic N) is 1. The van der Waals surface area contributed by atoms with E-state index in [1.807, 2.05) is 13.0 Å². The molecule has 1 aromatic rings. The number of carboxylic acid groups (broad SMARTS) is 1. The molecule has 1 N–H and O–H groups in total. The van der Waals surface area contributed by atoms with Crippen molar-refractivity contribution in [3.63, 3.8) is 0 Å². The van der Waals surface area contributed by atoms with Gasteiger partial charge in [0.2, 0.25) is 0 Å². The van der Waals surface area contributed by atoms with Crippen LogP contribution in [0.25, 0.3) is 0 Å². The van der Waals surface area contributed by atoms with E-state index in [-0.39, 0.29) is 0 Å². The van der Waals surface area contributed by atoms with E-state index in [4.69, 9.17) is 4.74 Å². The largest absolute Gasteiger partial charge is 0.478 e. The Balaban J connectivity index is 2.21. The fraction of sp³-hybridized carbons (Fsp3) is 0.462. The summed E-state index contributed by atoms with van der Waals surface area (Å²) < 4.78 is 5.29. The fourth-order valence-corrected chi connectivity index (χ4v) is 2.10. The number of hydrogen-bond acceptors (Lipinski definition) is 3. The molecule has 0 spiro atoms. The number of hydrogen-bond donors (Lipinski definition) is 1. The number of carboxylic acids is 1. The summed E-state index contributed by atoms with van der Waals surface area (Å²) in [4.78, 5) is 13.4. The molecule has 0 unspecified atom stereocenters. The molecule has 1 aliphatic rings. The first-order valence-electron chi connectivity index (χ1n) is 5.80. The van der Waals surface area contributed by atoms with E-state index in [1.54, 1.807) is 12.1 Å². The van der Waals surface area contributed by atoms with Crippen molar-refractivity contribution in [2.45, 2.75) is 13.5 Å². The Bertz CT molecular complexity index is 411. The maximum absolute atomic E-state index is 11.2. The zero-order chi connectivity index (χ0) is 12.3. The van der Waals surface area contributed by atoms with Crippen molar-refractivity contribution in [1.29, 1.82) is 0 Å². The number of rotatable bonds is 3. The topological polar surface area (TPSA) is 49.8 Å². The summed E-state index contributed by atoms with van der Waals surface area (Å²) in [5.41, 5.74) is 2.37. The Morgan fingerprint density at radius 2 is 2.12 bits per heavy atom. The van der Waals surface area contributed by atoms with Gasteiger partial charge in [0.25, 0.3) is 0 Å². The maximum atomic E-state index is 11.2. The predicted molar refractivity (Wildman–Crippen MR) is 64.2 cm³/mol. The molecule has 0 radical (unpaired) electrons. The van der Waals surface area contributed by atoms with Crippen LogP contribution in [0.2, 0.25) is 0 Å². The molecule has 1 aromatic carbocycles. The number of carbonyl (C=O) groups is 1. The average molecular weight is 235 g/mol. The molecular formula is C13H17NO3. The molecule has 0 saturated carbocycles. The number of aryl methyl sites for hydroxylation is 1. The summed E-state index contributed by atoms with van der Waals surface area (Å²) in [5, 5.41) is 9.18. The lowest BCUT2D eigenvalue weighted by Gasteiger charge is -2.27. The quantitative estimate of drug-likeness (QED) is 0.863. The molecule has 0 bridgehead atoms. The fourth-order valence-electron chi connectivity index (χ4n) is 2.10. The van der Waals surface area contributed by atoms with Crippen LogP contribution in [0.15, 0.2) is 18.2 Å². The van der Waals surface area contributed by atoms with Crippen molar-refractivity contribution in [3.8, 4) is 0 Å². The lowest BCUT2D eigenvalue weighted by molar-refractivity contribution is 0.0338. The van der Waals surface area contributed by atoms with Crippen LogP contribution in [-0.2, 0) is 11.3 Å². The van der Waals surface area contributed by atoms with E-state index in [1.165, 1.54) is 0 Å². The van der Waals surface area contributed by atoms with Crippen molar-refractivity contribution in [3.05, 3.63) is 34.9 Å². The molecule has 1 fully saturated rings. The van der Waals surface area contributed by atoms with Crippen LogP contribution in [0, 0.1) is 6.92 Å². The van der Waals surface area contributed by atoms with E-state index in [0.29, 0.717) is 12.1 Å². The highest BCUT2D eigenvalue weighted by Crippen LogP contribution is 2.17. The molecule has 4 heteroatoms. The Labute approximate surface area is 101 Å². The molecule has 0 aromatic heterocycles. The van der Waals surface area contributed by atoms with Crippen molar-refractivity contribution in [1.82, 2.24) is 4.90 Å². The third kappa shape index (κ3) is 2.84. The Kier molecular flexibility index (Phi) is 3.76. The minimum Gasteiger partial charge on any atom is -0.478 e. The summed E-state index contributed by atoms with van der Waals surface area (Å²) in [5.74, 6) is -0.850. The second-order valence-electron chi connectivity index (χ2n) is 4.29. The van der Waals surface area contributed by atoms with Gasteiger partial charge in [-0.3, -0.25) is 4.90 Å². The first-order valence-corrected chi connectivity index (χ1v) is 5.80. The van der Waals surface area contributed by atoms with E-state index in [2.05, 4.69) is 4.90 Å². The zero-order valence-corrected chi connectivity index (χ0v) is 9.98. The van der Waals surface area contributed by atoms with Gasteiger partial charge in [0, 0.05) is 19.6 Å². The standard InChI is InChI=1S/C13H17NO3/c1-10-3-2-4-11(13(15)16)12(10)9-14-5-7-17-8-6-14/h2-4H,5-9H2,1H3,(H,15,16). The SMILES string of the molecule is Cc1cccc(C(=O)O)c1CN1CCOCC1. The first kappa shape index (κ1) is 12.1. The van der Waals surface area contributed by atoms with E-state index < -0.39 is 5.97 Å². The van der Waals surface area contributed by atoms with Gasteiger partial charge in [0.1, 0.15) is 0 Å². The highest BCUT2D eigenvalue weighted by molar-refractivity contribution is 5.89. The van der Waals surface area contributed by atoms with Crippen LogP contribution in [0.3, 0.4) is 0 Å². The van der Waals surface area contributed by atoms with Crippen molar-refractivity contribution < 1.29 is 14.6 Å². The molecule has 4 nitrogen and oxygen atoms in total. The van der Waals surface area contributed by atoms with E-state index in [9.17, 15) is 9.90 Å². The average Bonchev–Trinajstić information content (AvgIpc) is 2.33. The van der Waals surface area contributed by atoms with Crippen molar-refractivity contribution in [2.24, 2.45) is 0 Å². The van der Waals surface area contributed by atoms with Gasteiger partial charge >= 0.3 is 5.97 Å². The molecular weight excluding hydrogens is 218 g/mol. The van der Waals surface area contributed by atoms with E-state index >= 15 is 0 Å². The summed E-state index contributed by atoms with van der Waals surface area (Å²) in [6, 6.07) is 5.43. The van der Waals surface area contributed by atoms with Gasteiger partial charge in [0.05, 0.1) is 18.8 Å². The minimum absolute atomic E-state index is 0.413. The van der Waals surface area contributed by atoms with Crippen LogP contribution >= 0.6 is 0 Å². The maximum Gasteiger partial charge on any atom is 0.336 e. The Morgan fingerprint density at radius 3 is 2.76 bits per heavy atom. The Morgan fingerprint density at radius 1 is 1.41 bits per heavy atom. The minimum atomic E-state index is -0.850. The number of aromatic carboxylic acids is 1.